The monoisotopic (exact) mass is 180 g/mol. The molecule has 1 aliphatic heterocycles. The fourth-order valence-electron chi connectivity index (χ4n) is 2.10. The van der Waals surface area contributed by atoms with Crippen LogP contribution in [0.4, 0.5) is 0 Å². The Morgan fingerprint density at radius 1 is 1.08 bits per heavy atom. The van der Waals surface area contributed by atoms with Gasteiger partial charge in [-0.3, -0.25) is 0 Å². The standard InChI is InChI=1S/C11H20Si/c1-8(2)10-6-7-12(5)11(10)9(3)4/h6-9,12H,1-5H3. The van der Waals surface area contributed by atoms with Crippen LogP contribution >= 0.6 is 0 Å². The number of allylic oxidation sites excluding steroid dienone is 3. The van der Waals surface area contributed by atoms with Gasteiger partial charge in [-0.1, -0.05) is 56.8 Å². The van der Waals surface area contributed by atoms with Gasteiger partial charge in [0.25, 0.3) is 0 Å². The Balaban J connectivity index is 2.96. The summed E-state index contributed by atoms with van der Waals surface area (Å²) in [5, 5.41) is 1.78. The molecule has 1 heteroatoms. The van der Waals surface area contributed by atoms with E-state index in [0.717, 1.165) is 11.8 Å². The van der Waals surface area contributed by atoms with Crippen LogP contribution in [-0.2, 0) is 0 Å². The van der Waals surface area contributed by atoms with Gasteiger partial charge in [-0.2, -0.15) is 0 Å². The first kappa shape index (κ1) is 9.78. The van der Waals surface area contributed by atoms with Crippen molar-refractivity contribution in [3.05, 3.63) is 22.5 Å². The van der Waals surface area contributed by atoms with E-state index in [1.165, 1.54) is 0 Å². The van der Waals surface area contributed by atoms with Gasteiger partial charge in [-0.05, 0) is 11.8 Å². The van der Waals surface area contributed by atoms with E-state index < -0.39 is 8.80 Å². The molecule has 0 aromatic rings. The van der Waals surface area contributed by atoms with Crippen LogP contribution in [0, 0.1) is 11.8 Å². The highest BCUT2D eigenvalue weighted by Crippen LogP contribution is 2.29. The van der Waals surface area contributed by atoms with Crippen LogP contribution in [0.5, 0.6) is 0 Å². The van der Waals surface area contributed by atoms with Crippen molar-refractivity contribution in [2.75, 3.05) is 0 Å². The Hall–Kier alpha value is -0.303. The molecular weight excluding hydrogens is 160 g/mol. The molecule has 0 nitrogen and oxygen atoms in total. The van der Waals surface area contributed by atoms with Crippen molar-refractivity contribution in [2.24, 2.45) is 11.8 Å². The minimum absolute atomic E-state index is 0.637. The van der Waals surface area contributed by atoms with E-state index in [-0.39, 0.29) is 0 Å². The summed E-state index contributed by atoms with van der Waals surface area (Å²) in [5.74, 6) is 1.48. The second-order valence-corrected chi connectivity index (χ2v) is 6.95. The maximum atomic E-state index is 2.46. The third-order valence-electron chi connectivity index (χ3n) is 2.63. The average Bonchev–Trinajstić information content (AvgIpc) is 2.30. The van der Waals surface area contributed by atoms with Crippen molar-refractivity contribution in [1.82, 2.24) is 0 Å². The first-order chi connectivity index (χ1) is 5.54. The zero-order valence-electron chi connectivity index (χ0n) is 8.89. The predicted molar refractivity (Wildman–Crippen MR) is 58.9 cm³/mol. The lowest BCUT2D eigenvalue weighted by molar-refractivity contribution is 0.738. The highest BCUT2D eigenvalue weighted by Gasteiger charge is 2.21. The summed E-state index contributed by atoms with van der Waals surface area (Å²) in [6, 6.07) is 0. The van der Waals surface area contributed by atoms with Gasteiger partial charge in [-0.15, -0.1) is 0 Å². The topological polar surface area (TPSA) is 0 Å². The highest BCUT2D eigenvalue weighted by atomic mass is 28.3. The molecule has 0 radical (unpaired) electrons. The summed E-state index contributed by atoms with van der Waals surface area (Å²) >= 11 is 0. The summed E-state index contributed by atoms with van der Waals surface area (Å²) in [6.07, 6.45) is 2.37. The van der Waals surface area contributed by atoms with Crippen LogP contribution in [-0.4, -0.2) is 8.80 Å². The smallest absolute Gasteiger partial charge is 0.0866 e. The molecule has 0 fully saturated rings. The quantitative estimate of drug-likeness (QED) is 0.573. The maximum absolute atomic E-state index is 2.46. The Bertz CT molecular complexity index is 221. The zero-order chi connectivity index (χ0) is 9.30. The molecule has 0 amide bonds. The molecule has 0 spiro atoms. The van der Waals surface area contributed by atoms with Gasteiger partial charge in [0.1, 0.15) is 0 Å². The molecule has 0 aromatic heterocycles. The van der Waals surface area contributed by atoms with Gasteiger partial charge in [0.15, 0.2) is 0 Å². The molecule has 0 aromatic carbocycles. The fraction of sp³-hybridized carbons (Fsp3) is 0.636. The zero-order valence-corrected chi connectivity index (χ0v) is 10.0. The van der Waals surface area contributed by atoms with E-state index in [9.17, 15) is 0 Å². The lowest BCUT2D eigenvalue weighted by Gasteiger charge is -2.16. The third-order valence-corrected chi connectivity index (χ3v) is 5.38. The van der Waals surface area contributed by atoms with E-state index in [2.05, 4.69) is 46.0 Å². The third kappa shape index (κ3) is 1.71. The molecule has 1 heterocycles. The van der Waals surface area contributed by atoms with Crippen molar-refractivity contribution < 1.29 is 0 Å². The van der Waals surface area contributed by atoms with Crippen LogP contribution in [0.2, 0.25) is 6.55 Å². The van der Waals surface area contributed by atoms with E-state index in [1.54, 1.807) is 10.8 Å². The van der Waals surface area contributed by atoms with Gasteiger partial charge in [0.2, 0.25) is 0 Å². The lowest BCUT2D eigenvalue weighted by atomic mass is 9.99. The summed E-state index contributed by atoms with van der Waals surface area (Å²) in [7, 11) is -0.637. The van der Waals surface area contributed by atoms with E-state index in [1.807, 2.05) is 0 Å². The average molecular weight is 180 g/mol. The van der Waals surface area contributed by atoms with Crippen molar-refractivity contribution in [3.63, 3.8) is 0 Å². The molecule has 12 heavy (non-hydrogen) atoms. The molecule has 1 rings (SSSR count). The predicted octanol–water partition coefficient (Wildman–Crippen LogP) is 3.10. The summed E-state index contributed by atoms with van der Waals surface area (Å²) in [4.78, 5) is 0. The maximum Gasteiger partial charge on any atom is 0.0866 e. The molecule has 0 N–H and O–H groups in total. The Morgan fingerprint density at radius 2 is 1.67 bits per heavy atom. The van der Waals surface area contributed by atoms with Crippen molar-refractivity contribution in [2.45, 2.75) is 34.2 Å². The van der Waals surface area contributed by atoms with Gasteiger partial charge >= 0.3 is 0 Å². The van der Waals surface area contributed by atoms with E-state index >= 15 is 0 Å². The van der Waals surface area contributed by atoms with Crippen LogP contribution in [0.3, 0.4) is 0 Å². The first-order valence-electron chi connectivity index (χ1n) is 4.96. The molecule has 0 bridgehead atoms. The van der Waals surface area contributed by atoms with E-state index in [4.69, 9.17) is 0 Å². The Kier molecular flexibility index (Phi) is 2.94. The first-order valence-corrected chi connectivity index (χ1v) is 7.36. The molecule has 1 aliphatic rings. The van der Waals surface area contributed by atoms with Gasteiger partial charge in [0.05, 0.1) is 8.80 Å². The summed E-state index contributed by atoms with van der Waals surface area (Å²) < 4.78 is 0. The summed E-state index contributed by atoms with van der Waals surface area (Å²) in [6.45, 7) is 11.7. The van der Waals surface area contributed by atoms with Crippen LogP contribution in [0.1, 0.15) is 27.7 Å². The molecule has 0 aliphatic carbocycles. The minimum atomic E-state index is -0.637. The number of rotatable bonds is 2. The van der Waals surface area contributed by atoms with Gasteiger partial charge in [0, 0.05) is 0 Å². The summed E-state index contributed by atoms with van der Waals surface area (Å²) in [5.41, 5.74) is 4.09. The largest absolute Gasteiger partial charge is 0.0932 e. The highest BCUT2D eigenvalue weighted by molar-refractivity contribution is 6.71. The van der Waals surface area contributed by atoms with Gasteiger partial charge < -0.3 is 0 Å². The molecular formula is C11H20Si. The van der Waals surface area contributed by atoms with E-state index in [0.29, 0.717) is 0 Å². The van der Waals surface area contributed by atoms with Crippen molar-refractivity contribution >= 4 is 8.80 Å². The number of hydrogen-bond acceptors (Lipinski definition) is 0. The van der Waals surface area contributed by atoms with Crippen LogP contribution < -0.4 is 0 Å². The molecule has 68 valence electrons. The van der Waals surface area contributed by atoms with Crippen LogP contribution in [0.15, 0.2) is 22.5 Å². The molecule has 0 saturated heterocycles. The Morgan fingerprint density at radius 3 is 2.00 bits per heavy atom. The number of hydrogen-bond donors (Lipinski definition) is 0. The SMILES string of the molecule is CC(C)C1=C(C(C)C)[SiH](C)C=C1. The Labute approximate surface area is 78.0 Å². The fourth-order valence-corrected chi connectivity index (χ4v) is 4.81. The normalized spacial score (nSPS) is 23.4. The second kappa shape index (κ2) is 3.61. The molecule has 1 atom stereocenters. The van der Waals surface area contributed by atoms with Crippen molar-refractivity contribution in [1.29, 1.82) is 0 Å². The van der Waals surface area contributed by atoms with Gasteiger partial charge in [-0.25, -0.2) is 0 Å². The molecule has 0 saturated carbocycles. The lowest BCUT2D eigenvalue weighted by Crippen LogP contribution is -2.13. The molecule has 1 unspecified atom stereocenters. The van der Waals surface area contributed by atoms with Crippen molar-refractivity contribution in [3.8, 4) is 0 Å². The second-order valence-electron chi connectivity index (χ2n) is 4.37. The van der Waals surface area contributed by atoms with Crippen LogP contribution in [0.25, 0.3) is 0 Å². The minimum Gasteiger partial charge on any atom is -0.0932 e.